The van der Waals surface area contributed by atoms with Crippen molar-refractivity contribution in [2.75, 3.05) is 30.4 Å². The van der Waals surface area contributed by atoms with Crippen LogP contribution in [0.5, 0.6) is 5.75 Å². The normalized spacial score (nSPS) is 15.2. The van der Waals surface area contributed by atoms with Crippen LogP contribution >= 0.6 is 11.3 Å². The summed E-state index contributed by atoms with van der Waals surface area (Å²) < 4.78 is 5.90. The number of nitrogens with one attached hydrogen (secondary N) is 1. The molecular weight excluding hydrogens is 372 g/mol. The van der Waals surface area contributed by atoms with Gasteiger partial charge >= 0.3 is 0 Å². The quantitative estimate of drug-likeness (QED) is 0.610. The molecule has 0 aliphatic carbocycles. The monoisotopic (exact) mass is 394 g/mol. The molecule has 144 valence electrons. The maximum Gasteiger partial charge on any atom is 0.275 e. The van der Waals surface area contributed by atoms with Crippen molar-refractivity contribution in [1.29, 1.82) is 0 Å². The Morgan fingerprint density at radius 3 is 3.00 bits per heavy atom. The molecule has 1 N–H and O–H groups in total. The van der Waals surface area contributed by atoms with E-state index in [-0.39, 0.29) is 5.91 Å². The maximum atomic E-state index is 12.7. The van der Waals surface area contributed by atoms with Crippen molar-refractivity contribution in [3.63, 3.8) is 0 Å². The largest absolute Gasteiger partial charge is 0.491 e. The van der Waals surface area contributed by atoms with Crippen molar-refractivity contribution in [3.8, 4) is 16.3 Å². The van der Waals surface area contributed by atoms with Crippen LogP contribution in [-0.2, 0) is 0 Å². The highest BCUT2D eigenvalue weighted by Crippen LogP contribution is 2.28. The summed E-state index contributed by atoms with van der Waals surface area (Å²) in [6.07, 6.45) is 4.87. The molecule has 0 fully saturated rings. The molecule has 3 heterocycles. The Balaban J connectivity index is 1.66. The summed E-state index contributed by atoms with van der Waals surface area (Å²) in [7, 11) is 2.05. The van der Waals surface area contributed by atoms with Crippen LogP contribution in [0, 0.1) is 0 Å². The standard InChI is InChI=1S/C21H22N4O2S/c1-25-11-5-2-6-12-27-18-8-4-3-7-16(18)23-20(26)17-14-28-21(24-17)15-9-10-22-19(25)13-15/h3-4,7-10,13-14H,2,5-6,11-12H2,1H3,(H,23,26). The molecule has 1 aliphatic heterocycles. The van der Waals surface area contributed by atoms with Gasteiger partial charge in [0, 0.05) is 30.7 Å². The minimum absolute atomic E-state index is 0.241. The van der Waals surface area contributed by atoms with Crippen LogP contribution < -0.4 is 15.0 Å². The zero-order chi connectivity index (χ0) is 19.3. The highest BCUT2D eigenvalue weighted by Gasteiger charge is 2.15. The summed E-state index contributed by atoms with van der Waals surface area (Å²) in [5.74, 6) is 1.35. The molecule has 2 aromatic heterocycles. The Morgan fingerprint density at radius 2 is 2.07 bits per heavy atom. The van der Waals surface area contributed by atoms with Gasteiger partial charge < -0.3 is 15.0 Å². The maximum absolute atomic E-state index is 12.7. The minimum Gasteiger partial charge on any atom is -0.491 e. The molecule has 0 saturated carbocycles. The molecule has 1 amide bonds. The summed E-state index contributed by atoms with van der Waals surface area (Å²) >= 11 is 1.45. The SMILES string of the molecule is CN1CCCCCOc2ccccc2NC(=O)c2csc(n2)-c2ccnc1c2. The molecule has 6 nitrogen and oxygen atoms in total. The fourth-order valence-electron chi connectivity index (χ4n) is 3.08. The van der Waals surface area contributed by atoms with E-state index in [0.29, 0.717) is 23.7 Å². The molecule has 0 unspecified atom stereocenters. The third kappa shape index (κ3) is 4.14. The van der Waals surface area contributed by atoms with Gasteiger partial charge in [0.05, 0.1) is 12.3 Å². The van der Waals surface area contributed by atoms with E-state index in [9.17, 15) is 4.79 Å². The predicted octanol–water partition coefficient (Wildman–Crippen LogP) is 4.46. The molecule has 1 aromatic carbocycles. The van der Waals surface area contributed by atoms with Crippen LogP contribution in [0.1, 0.15) is 29.8 Å². The number of para-hydroxylation sites is 2. The summed E-state index contributed by atoms with van der Waals surface area (Å²) in [6.45, 7) is 1.54. The number of rotatable bonds is 0. The number of anilines is 2. The highest BCUT2D eigenvalue weighted by molar-refractivity contribution is 7.13. The third-order valence-electron chi connectivity index (χ3n) is 4.65. The van der Waals surface area contributed by atoms with Crippen LogP contribution in [0.4, 0.5) is 11.5 Å². The summed E-state index contributed by atoms with van der Waals surface area (Å²) in [5, 5.41) is 5.50. The molecule has 4 rings (SSSR count). The summed E-state index contributed by atoms with van der Waals surface area (Å²) in [5.41, 5.74) is 2.03. The number of aromatic nitrogens is 2. The van der Waals surface area contributed by atoms with Gasteiger partial charge in [-0.1, -0.05) is 12.1 Å². The Hall–Kier alpha value is -2.93. The Bertz CT molecular complexity index is 972. The summed E-state index contributed by atoms with van der Waals surface area (Å²) in [6, 6.07) is 11.5. The van der Waals surface area contributed by atoms with E-state index in [1.807, 2.05) is 43.4 Å². The van der Waals surface area contributed by atoms with E-state index < -0.39 is 0 Å². The van der Waals surface area contributed by atoms with Crippen molar-refractivity contribution < 1.29 is 9.53 Å². The zero-order valence-electron chi connectivity index (χ0n) is 15.7. The minimum atomic E-state index is -0.241. The van der Waals surface area contributed by atoms with Crippen LogP contribution in [-0.4, -0.2) is 36.1 Å². The number of nitrogens with zero attached hydrogens (tertiary/aromatic N) is 3. The van der Waals surface area contributed by atoms with Crippen LogP contribution in [0.25, 0.3) is 10.6 Å². The number of benzene rings is 1. The van der Waals surface area contributed by atoms with E-state index in [1.165, 1.54) is 11.3 Å². The van der Waals surface area contributed by atoms with Gasteiger partial charge in [0.1, 0.15) is 22.3 Å². The van der Waals surface area contributed by atoms with E-state index >= 15 is 0 Å². The molecule has 0 saturated heterocycles. The average molecular weight is 395 g/mol. The van der Waals surface area contributed by atoms with E-state index in [1.54, 1.807) is 11.6 Å². The molecule has 0 atom stereocenters. The van der Waals surface area contributed by atoms with Gasteiger partial charge in [-0.2, -0.15) is 0 Å². The number of hydrogen-bond acceptors (Lipinski definition) is 6. The van der Waals surface area contributed by atoms with Gasteiger partial charge in [0.2, 0.25) is 0 Å². The molecule has 28 heavy (non-hydrogen) atoms. The first-order valence-corrected chi connectivity index (χ1v) is 10.2. The van der Waals surface area contributed by atoms with Crippen LogP contribution in [0.3, 0.4) is 0 Å². The second-order valence-corrected chi connectivity index (χ2v) is 7.58. The lowest BCUT2D eigenvalue weighted by atomic mass is 10.2. The van der Waals surface area contributed by atoms with E-state index in [4.69, 9.17) is 4.74 Å². The lowest BCUT2D eigenvalue weighted by Crippen LogP contribution is -2.19. The number of ether oxygens (including phenoxy) is 1. The second kappa shape index (κ2) is 8.39. The van der Waals surface area contributed by atoms with Crippen molar-refractivity contribution >= 4 is 28.7 Å². The van der Waals surface area contributed by atoms with E-state index in [0.717, 1.165) is 42.2 Å². The number of pyridine rings is 1. The van der Waals surface area contributed by atoms with Crippen molar-refractivity contribution in [2.24, 2.45) is 0 Å². The van der Waals surface area contributed by atoms with E-state index in [2.05, 4.69) is 20.2 Å². The number of hydrogen-bond donors (Lipinski definition) is 1. The number of amides is 1. The van der Waals surface area contributed by atoms with Crippen molar-refractivity contribution in [2.45, 2.75) is 19.3 Å². The smallest absolute Gasteiger partial charge is 0.275 e. The third-order valence-corrected chi connectivity index (χ3v) is 5.54. The molecule has 0 spiro atoms. The fraction of sp³-hybridized carbons (Fsp3) is 0.286. The van der Waals surface area contributed by atoms with Gasteiger partial charge in [-0.15, -0.1) is 11.3 Å². The van der Waals surface area contributed by atoms with Crippen molar-refractivity contribution in [3.05, 3.63) is 53.7 Å². The van der Waals surface area contributed by atoms with Crippen LogP contribution in [0.2, 0.25) is 0 Å². The van der Waals surface area contributed by atoms with Gasteiger partial charge in [-0.25, -0.2) is 9.97 Å². The molecule has 7 heteroatoms. The molecule has 4 bridgehead atoms. The number of carbonyl (C=O) groups excluding carboxylic acids is 1. The lowest BCUT2D eigenvalue weighted by Gasteiger charge is -2.18. The molecule has 3 aromatic rings. The molecule has 0 radical (unpaired) electrons. The highest BCUT2D eigenvalue weighted by atomic mass is 32.1. The molecule has 1 aliphatic rings. The first-order valence-electron chi connectivity index (χ1n) is 9.37. The Kier molecular flexibility index (Phi) is 5.53. The summed E-state index contributed by atoms with van der Waals surface area (Å²) in [4.78, 5) is 23.8. The topological polar surface area (TPSA) is 67.3 Å². The number of carbonyl (C=O) groups is 1. The van der Waals surface area contributed by atoms with Gasteiger partial charge in [-0.3, -0.25) is 4.79 Å². The van der Waals surface area contributed by atoms with Gasteiger partial charge in [-0.05, 0) is 43.5 Å². The van der Waals surface area contributed by atoms with Gasteiger partial charge in [0.15, 0.2) is 0 Å². The second-order valence-electron chi connectivity index (χ2n) is 6.72. The molecular formula is C21H22N4O2S. The van der Waals surface area contributed by atoms with Crippen LogP contribution in [0.15, 0.2) is 48.0 Å². The van der Waals surface area contributed by atoms with Crippen molar-refractivity contribution in [1.82, 2.24) is 9.97 Å². The average Bonchev–Trinajstić information content (AvgIpc) is 3.21. The number of thiazole rings is 1. The Labute approximate surface area is 168 Å². The fourth-order valence-corrected chi connectivity index (χ4v) is 3.87. The number of fused-ring (bicyclic) bond motifs is 6. The zero-order valence-corrected chi connectivity index (χ0v) is 16.5. The first-order chi connectivity index (χ1) is 13.7. The Morgan fingerprint density at radius 1 is 1.18 bits per heavy atom. The lowest BCUT2D eigenvalue weighted by molar-refractivity contribution is 0.102. The first kappa shape index (κ1) is 18.4. The van der Waals surface area contributed by atoms with Gasteiger partial charge in [0.25, 0.3) is 5.91 Å². The predicted molar refractivity (Wildman–Crippen MR) is 112 cm³/mol.